The Labute approximate surface area is 202 Å². The summed E-state index contributed by atoms with van der Waals surface area (Å²) in [6.45, 7) is 6.45. The molecular formula is C12H24KN2S4Zn+. The maximum Gasteiger partial charge on any atom is 2.00 e. The van der Waals surface area contributed by atoms with E-state index in [4.69, 9.17) is 24.8 Å². The zero-order valence-electron chi connectivity index (χ0n) is 13.5. The second-order valence-electron chi connectivity index (χ2n) is 4.12. The van der Waals surface area contributed by atoms with Crippen molar-refractivity contribution in [3.63, 3.8) is 0 Å². The molecule has 108 valence electrons. The summed E-state index contributed by atoms with van der Waals surface area (Å²) < 4.78 is 1.15. The van der Waals surface area contributed by atoms with Gasteiger partial charge in [0.2, 0.25) is 0 Å². The number of nitrogens with zero attached hydrogens (tertiary/aromatic N) is 2. The molecule has 0 aromatic rings. The Balaban J connectivity index is -0.000000139. The predicted molar refractivity (Wildman–Crippen MR) is 95.0 cm³/mol. The van der Waals surface area contributed by atoms with Crippen molar-refractivity contribution in [2.75, 3.05) is 27.2 Å². The Kier molecular flexibility index (Phi) is 32.6. The van der Waals surface area contributed by atoms with E-state index >= 15 is 0 Å². The molecule has 0 rings (SSSR count). The minimum absolute atomic E-state index is 0. The molecule has 0 aromatic heterocycles. The molecule has 0 fully saturated rings. The van der Waals surface area contributed by atoms with Gasteiger partial charge in [-0.25, -0.2) is 0 Å². The topological polar surface area (TPSA) is 6.48 Å². The first-order valence-electron chi connectivity index (χ1n) is 6.20. The molecule has 0 aliphatic heterocycles. The molecule has 0 amide bonds. The van der Waals surface area contributed by atoms with Gasteiger partial charge in [-0.05, 0) is 12.8 Å². The molecule has 8 heteroatoms. The van der Waals surface area contributed by atoms with E-state index in [9.17, 15) is 0 Å². The van der Waals surface area contributed by atoms with E-state index in [-0.39, 0.29) is 70.9 Å². The summed E-state index contributed by atoms with van der Waals surface area (Å²) in [7, 11) is 3.66. The number of hydrogen-bond donors (Lipinski definition) is 0. The van der Waals surface area contributed by atoms with Crippen molar-refractivity contribution in [1.29, 1.82) is 0 Å². The van der Waals surface area contributed by atoms with E-state index in [1.54, 1.807) is 4.90 Å². The van der Waals surface area contributed by atoms with Crippen LogP contribution in [0, 0.1) is 0 Å². The van der Waals surface area contributed by atoms with Crippen LogP contribution in [-0.4, -0.2) is 45.6 Å². The summed E-state index contributed by atoms with van der Waals surface area (Å²) in [5, 5.41) is 0. The third kappa shape index (κ3) is 22.8. The third-order valence-electron chi connectivity index (χ3n) is 2.19. The van der Waals surface area contributed by atoms with Crippen molar-refractivity contribution in [2.24, 2.45) is 0 Å². The van der Waals surface area contributed by atoms with Crippen molar-refractivity contribution in [2.45, 2.75) is 39.5 Å². The average molecular weight is 429 g/mol. The van der Waals surface area contributed by atoms with Gasteiger partial charge in [-0.15, -0.1) is 0 Å². The second kappa shape index (κ2) is 21.5. The molecule has 0 atom stereocenters. The van der Waals surface area contributed by atoms with E-state index < -0.39 is 0 Å². The number of thiocarbonyl (C=S) groups is 2. The Hall–Kier alpha value is 2.48. The van der Waals surface area contributed by atoms with Crippen LogP contribution in [0.5, 0.6) is 0 Å². The molecule has 0 bridgehead atoms. The minimum Gasteiger partial charge on any atom is -0.411 e. The molecule has 0 aliphatic carbocycles. The van der Waals surface area contributed by atoms with Gasteiger partial charge in [-0.3, -0.25) is 0 Å². The van der Waals surface area contributed by atoms with E-state index in [0.29, 0.717) is 8.64 Å². The molecule has 20 heavy (non-hydrogen) atoms. The van der Waals surface area contributed by atoms with Crippen LogP contribution in [0.25, 0.3) is 0 Å². The molecule has 0 heterocycles. The molecule has 0 spiro atoms. The zero-order valence-corrected chi connectivity index (χ0v) is 22.8. The van der Waals surface area contributed by atoms with Crippen molar-refractivity contribution < 1.29 is 70.9 Å². The van der Waals surface area contributed by atoms with Crippen LogP contribution in [0.4, 0.5) is 0 Å². The summed E-state index contributed by atoms with van der Waals surface area (Å²) in [6.07, 6.45) is 4.81. The summed E-state index contributed by atoms with van der Waals surface area (Å²) in [5.74, 6) is 0. The first kappa shape index (κ1) is 30.4. The van der Waals surface area contributed by atoms with Crippen LogP contribution in [0.2, 0.25) is 0 Å². The fraction of sp³-hybridized carbons (Fsp3) is 0.833. The molecule has 0 aromatic carbocycles. The van der Waals surface area contributed by atoms with Gasteiger partial charge >= 0.3 is 70.9 Å². The Morgan fingerprint density at radius 3 is 1.35 bits per heavy atom. The molecule has 2 nitrogen and oxygen atoms in total. The molecule has 0 unspecified atom stereocenters. The van der Waals surface area contributed by atoms with E-state index in [2.05, 4.69) is 43.6 Å². The smallest absolute Gasteiger partial charge is 0.411 e. The van der Waals surface area contributed by atoms with Crippen LogP contribution in [-0.2, 0) is 44.7 Å². The van der Waals surface area contributed by atoms with Gasteiger partial charge in [0.25, 0.3) is 0 Å². The molecule has 0 saturated carbocycles. The standard InChI is InChI=1S/C9H19NS2.C3H7NS2.K.Zn/c1-3-5-7-10(9(11)12)8-6-4-2;1-4(2)3(5)6;;/h3-8H2,1-2H3,(H,11,12);1-2H3,(H,5,6);;/q;;+1;+2/p-2. The van der Waals surface area contributed by atoms with Crippen LogP contribution < -0.4 is 51.4 Å². The number of unbranched alkanes of at least 4 members (excludes halogenated alkanes) is 2. The number of hydrogen-bond acceptors (Lipinski definition) is 4. The first-order valence-corrected chi connectivity index (χ1v) is 7.84. The fourth-order valence-electron chi connectivity index (χ4n) is 0.992. The SMILES string of the molecule is CCCCN(CCCC)C(=S)[S-].CN(C)C(=S)[S-].[K+].[Zn+2]. The van der Waals surface area contributed by atoms with Crippen LogP contribution in [0.15, 0.2) is 0 Å². The van der Waals surface area contributed by atoms with Crippen molar-refractivity contribution in [3.8, 4) is 0 Å². The van der Waals surface area contributed by atoms with Gasteiger partial charge in [0.15, 0.2) is 0 Å². The largest absolute Gasteiger partial charge is 2.00 e. The Morgan fingerprint density at radius 2 is 1.20 bits per heavy atom. The normalized spacial score (nSPS) is 8.20. The third-order valence-corrected chi connectivity index (χ3v) is 3.43. The fourth-order valence-corrected chi connectivity index (χ4v) is 1.36. The van der Waals surface area contributed by atoms with Gasteiger partial charge in [0, 0.05) is 27.2 Å². The molecule has 0 saturated heterocycles. The van der Waals surface area contributed by atoms with Crippen LogP contribution in [0.3, 0.4) is 0 Å². The Morgan fingerprint density at radius 1 is 0.900 bits per heavy atom. The zero-order chi connectivity index (χ0) is 14.6. The van der Waals surface area contributed by atoms with Gasteiger partial charge in [-0.2, -0.15) is 0 Å². The van der Waals surface area contributed by atoms with E-state index in [1.165, 1.54) is 25.7 Å². The van der Waals surface area contributed by atoms with Crippen molar-refractivity contribution >= 4 is 58.3 Å². The quantitative estimate of drug-likeness (QED) is 0.334. The Bertz CT molecular complexity index is 235. The first-order chi connectivity index (χ1) is 8.36. The van der Waals surface area contributed by atoms with Crippen LogP contribution >= 0.6 is 24.4 Å². The minimum atomic E-state index is 0. The van der Waals surface area contributed by atoms with Gasteiger partial charge in [-0.1, -0.05) is 35.3 Å². The maximum atomic E-state index is 4.98. The molecule has 0 aliphatic rings. The molecule has 0 radical (unpaired) electrons. The molecular weight excluding hydrogens is 405 g/mol. The second-order valence-corrected chi connectivity index (χ2v) is 6.18. The van der Waals surface area contributed by atoms with E-state index in [0.717, 1.165) is 13.1 Å². The van der Waals surface area contributed by atoms with Crippen molar-refractivity contribution in [1.82, 2.24) is 9.80 Å². The van der Waals surface area contributed by atoms with E-state index in [1.807, 2.05) is 14.1 Å². The van der Waals surface area contributed by atoms with Gasteiger partial charge in [0.1, 0.15) is 0 Å². The average Bonchev–Trinajstić information content (AvgIpc) is 2.29. The summed E-state index contributed by atoms with van der Waals surface area (Å²) in [5.41, 5.74) is 0. The van der Waals surface area contributed by atoms with Crippen LogP contribution in [0.1, 0.15) is 39.5 Å². The van der Waals surface area contributed by atoms with Crippen molar-refractivity contribution in [3.05, 3.63) is 0 Å². The summed E-state index contributed by atoms with van der Waals surface area (Å²) >= 11 is 19.1. The van der Waals surface area contributed by atoms with Gasteiger partial charge in [0.05, 0.1) is 0 Å². The monoisotopic (exact) mass is 427 g/mol. The summed E-state index contributed by atoms with van der Waals surface area (Å²) in [4.78, 5) is 3.85. The molecule has 0 N–H and O–H groups in total. The van der Waals surface area contributed by atoms with Gasteiger partial charge < -0.3 is 59.5 Å². The maximum absolute atomic E-state index is 4.98. The predicted octanol–water partition coefficient (Wildman–Crippen LogP) is 0.102. The number of rotatable bonds is 6. The summed E-state index contributed by atoms with van der Waals surface area (Å²) in [6, 6.07) is 0.